The number of nitrogens with one attached hydrogen (secondary N) is 2. The highest BCUT2D eigenvalue weighted by Crippen LogP contribution is 2.26. The minimum absolute atomic E-state index is 0.00133. The molecule has 5 nitrogen and oxygen atoms in total. The van der Waals surface area contributed by atoms with Gasteiger partial charge in [-0.05, 0) is 17.5 Å². The van der Waals surface area contributed by atoms with Gasteiger partial charge < -0.3 is 9.29 Å². The molecule has 2 N–H and O–H groups in total. The van der Waals surface area contributed by atoms with Crippen LogP contribution in [0.1, 0.15) is 18.9 Å². The van der Waals surface area contributed by atoms with Crippen molar-refractivity contribution in [1.29, 1.82) is 0 Å². The van der Waals surface area contributed by atoms with Gasteiger partial charge in [-0.2, -0.15) is 0 Å². The molecule has 122 valence electrons. The Balaban J connectivity index is 2.17. The van der Waals surface area contributed by atoms with Gasteiger partial charge in [0.25, 0.3) is 0 Å². The third kappa shape index (κ3) is 4.52. The third-order valence-electron chi connectivity index (χ3n) is 3.64. The molecule has 1 aromatic carbocycles. The first kappa shape index (κ1) is 17.4. The Kier molecular flexibility index (Phi) is 6.11. The maximum Gasteiger partial charge on any atom is 0.234 e. The number of hydrogen-bond acceptors (Lipinski definition) is 4. The number of carbonyl (C=O) groups is 1. The standard InChI is InChI=1S/C17H20N2O3S/c1-4-9-23(21)16-11-13(6-8-15(16)22-3)5-7-14-12(2)10-17(20)19-18-14/h1,5-8,11-12,14,18H,9-10H2,2-3H3,(H,19,20)/b7-5+. The van der Waals surface area contributed by atoms with Gasteiger partial charge in [-0.15, -0.1) is 6.42 Å². The van der Waals surface area contributed by atoms with Crippen LogP contribution in [0.4, 0.5) is 0 Å². The molecule has 3 atom stereocenters. The summed E-state index contributed by atoms with van der Waals surface area (Å²) >= 11 is -1.29. The third-order valence-corrected chi connectivity index (χ3v) is 4.88. The van der Waals surface area contributed by atoms with Crippen molar-refractivity contribution in [2.75, 3.05) is 12.9 Å². The first-order valence-electron chi connectivity index (χ1n) is 7.27. The molecule has 1 heterocycles. The van der Waals surface area contributed by atoms with Crippen molar-refractivity contribution in [2.24, 2.45) is 5.92 Å². The van der Waals surface area contributed by atoms with Crippen LogP contribution in [0.3, 0.4) is 0 Å². The van der Waals surface area contributed by atoms with E-state index in [9.17, 15) is 9.35 Å². The molecule has 3 unspecified atom stereocenters. The Morgan fingerprint density at radius 1 is 1.57 bits per heavy atom. The van der Waals surface area contributed by atoms with E-state index in [2.05, 4.69) is 16.8 Å². The van der Waals surface area contributed by atoms with Gasteiger partial charge in [0, 0.05) is 29.7 Å². The molecule has 1 saturated heterocycles. The number of rotatable bonds is 5. The Morgan fingerprint density at radius 2 is 2.35 bits per heavy atom. The number of benzene rings is 1. The smallest absolute Gasteiger partial charge is 0.234 e. The van der Waals surface area contributed by atoms with E-state index >= 15 is 0 Å². The second kappa shape index (κ2) is 8.06. The number of carbonyl (C=O) groups excluding carboxylic acids is 1. The largest absolute Gasteiger partial charge is 0.611 e. The average Bonchev–Trinajstić information content (AvgIpc) is 2.54. The molecule has 0 aliphatic carbocycles. The zero-order chi connectivity index (χ0) is 16.8. The van der Waals surface area contributed by atoms with E-state index in [1.54, 1.807) is 6.07 Å². The lowest BCUT2D eigenvalue weighted by atomic mass is 9.96. The van der Waals surface area contributed by atoms with Crippen LogP contribution in [0.5, 0.6) is 5.75 Å². The van der Waals surface area contributed by atoms with Crippen LogP contribution in [-0.4, -0.2) is 29.4 Å². The summed E-state index contributed by atoms with van der Waals surface area (Å²) in [7, 11) is 1.54. The fraction of sp³-hybridized carbons (Fsp3) is 0.353. The molecule has 2 rings (SSSR count). The number of hydrazine groups is 1. The monoisotopic (exact) mass is 332 g/mol. The number of terminal acetylenes is 1. The maximum atomic E-state index is 12.2. The van der Waals surface area contributed by atoms with Gasteiger partial charge >= 0.3 is 0 Å². The number of amides is 1. The van der Waals surface area contributed by atoms with Crippen LogP contribution in [0.15, 0.2) is 29.2 Å². The highest BCUT2D eigenvalue weighted by molar-refractivity contribution is 7.91. The minimum atomic E-state index is -1.29. The quantitative estimate of drug-likeness (QED) is 0.633. The predicted molar refractivity (Wildman–Crippen MR) is 91.0 cm³/mol. The molecule has 0 radical (unpaired) electrons. The van der Waals surface area contributed by atoms with Gasteiger partial charge in [-0.1, -0.05) is 31.1 Å². The van der Waals surface area contributed by atoms with Gasteiger partial charge in [0.05, 0.1) is 7.11 Å². The predicted octanol–water partition coefficient (Wildman–Crippen LogP) is 1.48. The zero-order valence-corrected chi connectivity index (χ0v) is 14.0. The van der Waals surface area contributed by atoms with Crippen molar-refractivity contribution >= 4 is 23.2 Å². The van der Waals surface area contributed by atoms with Crippen LogP contribution in [0, 0.1) is 18.3 Å². The van der Waals surface area contributed by atoms with Gasteiger partial charge in [-0.25, -0.2) is 5.43 Å². The molecule has 1 aliphatic heterocycles. The Morgan fingerprint density at radius 3 is 3.00 bits per heavy atom. The summed E-state index contributed by atoms with van der Waals surface area (Å²) in [4.78, 5) is 11.9. The fourth-order valence-corrected chi connectivity index (χ4v) is 3.31. The molecule has 1 aliphatic rings. The van der Waals surface area contributed by atoms with E-state index in [0.29, 0.717) is 17.1 Å². The van der Waals surface area contributed by atoms with Gasteiger partial charge in [0.2, 0.25) is 5.91 Å². The molecular weight excluding hydrogens is 312 g/mol. The topological polar surface area (TPSA) is 73.4 Å². The summed E-state index contributed by atoms with van der Waals surface area (Å²) in [6.45, 7) is 2.02. The van der Waals surface area contributed by atoms with E-state index in [-0.39, 0.29) is 23.6 Å². The van der Waals surface area contributed by atoms with Crippen LogP contribution in [-0.2, 0) is 16.0 Å². The van der Waals surface area contributed by atoms with Crippen LogP contribution in [0.2, 0.25) is 0 Å². The summed E-state index contributed by atoms with van der Waals surface area (Å²) < 4.78 is 17.4. The normalized spacial score (nSPS) is 22.4. The molecule has 0 aromatic heterocycles. The van der Waals surface area contributed by atoms with Crippen molar-refractivity contribution in [1.82, 2.24) is 10.9 Å². The summed E-state index contributed by atoms with van der Waals surface area (Å²) in [5.41, 5.74) is 6.50. The highest BCUT2D eigenvalue weighted by Gasteiger charge is 2.23. The Bertz CT molecular complexity index is 639. The maximum absolute atomic E-state index is 12.2. The van der Waals surface area contributed by atoms with Gasteiger partial charge in [-0.3, -0.25) is 10.2 Å². The molecule has 6 heteroatoms. The molecule has 1 fully saturated rings. The van der Waals surface area contributed by atoms with Crippen molar-refractivity contribution in [3.63, 3.8) is 0 Å². The second-order valence-electron chi connectivity index (χ2n) is 5.36. The van der Waals surface area contributed by atoms with Gasteiger partial charge in [0.1, 0.15) is 0 Å². The minimum Gasteiger partial charge on any atom is -0.611 e. The van der Waals surface area contributed by atoms with E-state index in [4.69, 9.17) is 11.2 Å². The molecule has 23 heavy (non-hydrogen) atoms. The van der Waals surface area contributed by atoms with Crippen LogP contribution in [0.25, 0.3) is 6.08 Å². The lowest BCUT2D eigenvalue weighted by Gasteiger charge is -2.27. The molecule has 0 saturated carbocycles. The second-order valence-corrected chi connectivity index (χ2v) is 6.78. The van der Waals surface area contributed by atoms with Crippen molar-refractivity contribution in [3.8, 4) is 18.1 Å². The van der Waals surface area contributed by atoms with E-state index < -0.39 is 11.2 Å². The number of ether oxygens (including phenoxy) is 1. The molecule has 0 bridgehead atoms. The zero-order valence-electron chi connectivity index (χ0n) is 13.2. The van der Waals surface area contributed by atoms with E-state index in [1.807, 2.05) is 31.2 Å². The Labute approximate surface area is 139 Å². The van der Waals surface area contributed by atoms with Crippen molar-refractivity contribution in [2.45, 2.75) is 24.3 Å². The summed E-state index contributed by atoms with van der Waals surface area (Å²) in [6, 6.07) is 5.53. The van der Waals surface area contributed by atoms with E-state index in [0.717, 1.165) is 5.56 Å². The van der Waals surface area contributed by atoms with Crippen LogP contribution < -0.4 is 15.6 Å². The summed E-state index contributed by atoms with van der Waals surface area (Å²) in [5, 5.41) is 0. The fourth-order valence-electron chi connectivity index (χ4n) is 2.36. The molecule has 1 aromatic rings. The Hall–Kier alpha value is -1.94. The first-order chi connectivity index (χ1) is 11.0. The number of methoxy groups -OCH3 is 1. The van der Waals surface area contributed by atoms with Crippen LogP contribution >= 0.6 is 0 Å². The van der Waals surface area contributed by atoms with E-state index in [1.165, 1.54) is 7.11 Å². The lowest BCUT2D eigenvalue weighted by Crippen LogP contribution is -2.52. The molecule has 0 spiro atoms. The molecular formula is C17H20N2O3S. The molecule has 1 amide bonds. The summed E-state index contributed by atoms with van der Waals surface area (Å²) in [5.74, 6) is 3.32. The lowest BCUT2D eigenvalue weighted by molar-refractivity contribution is -0.125. The first-order valence-corrected chi connectivity index (χ1v) is 8.59. The van der Waals surface area contributed by atoms with Crippen molar-refractivity contribution < 1.29 is 14.1 Å². The number of hydrogen-bond donors (Lipinski definition) is 2. The summed E-state index contributed by atoms with van der Waals surface area (Å²) in [6.07, 6.45) is 9.64. The highest BCUT2D eigenvalue weighted by atomic mass is 32.2. The van der Waals surface area contributed by atoms with Gasteiger partial charge in [0.15, 0.2) is 16.4 Å². The average molecular weight is 332 g/mol. The SMILES string of the molecule is C#CC[S+]([O-])c1cc(/C=C/C2NNC(=O)CC2C)ccc1OC. The van der Waals surface area contributed by atoms with Crippen molar-refractivity contribution in [3.05, 3.63) is 29.8 Å².